The molecule has 0 bridgehead atoms. The third kappa shape index (κ3) is 6.91. The van der Waals surface area contributed by atoms with E-state index in [1.807, 2.05) is 66.7 Å². The molecule has 0 aromatic heterocycles. The predicted octanol–water partition coefficient (Wildman–Crippen LogP) is 7.42. The molecule has 4 aromatic carbocycles. The molecule has 0 aliphatic rings. The van der Waals surface area contributed by atoms with Crippen LogP contribution in [-0.2, 0) is 11.3 Å². The molecule has 0 atom stereocenters. The molecular formula is C27H22Cl2N2O3. The van der Waals surface area contributed by atoms with Crippen molar-refractivity contribution < 1.29 is 14.3 Å². The van der Waals surface area contributed by atoms with E-state index in [-0.39, 0.29) is 12.5 Å². The van der Waals surface area contributed by atoms with Gasteiger partial charge in [-0.1, -0.05) is 47.5 Å². The van der Waals surface area contributed by atoms with Gasteiger partial charge in [0.1, 0.15) is 17.2 Å². The summed E-state index contributed by atoms with van der Waals surface area (Å²) < 4.78 is 11.4. The second kappa shape index (κ2) is 11.5. The van der Waals surface area contributed by atoms with Gasteiger partial charge in [0.25, 0.3) is 5.91 Å². The number of carbonyl (C=O) groups is 1. The molecule has 0 fully saturated rings. The fraction of sp³-hybridized carbons (Fsp3) is 0.0741. The second-order valence-corrected chi connectivity index (χ2v) is 8.25. The molecule has 2 N–H and O–H groups in total. The van der Waals surface area contributed by atoms with Crippen LogP contribution in [0.1, 0.15) is 5.56 Å². The van der Waals surface area contributed by atoms with Crippen LogP contribution in [0.5, 0.6) is 17.2 Å². The molecule has 1 amide bonds. The van der Waals surface area contributed by atoms with Gasteiger partial charge in [0.2, 0.25) is 0 Å². The normalized spacial score (nSPS) is 10.4. The van der Waals surface area contributed by atoms with Crippen molar-refractivity contribution in [3.05, 3.63) is 113 Å². The third-order valence-electron chi connectivity index (χ3n) is 4.81. The minimum absolute atomic E-state index is 0.155. The number of hydrogen-bond acceptors (Lipinski definition) is 4. The zero-order valence-electron chi connectivity index (χ0n) is 18.1. The van der Waals surface area contributed by atoms with Crippen LogP contribution < -0.4 is 20.1 Å². The minimum Gasteiger partial charge on any atom is -0.482 e. The molecule has 34 heavy (non-hydrogen) atoms. The molecule has 0 aliphatic carbocycles. The number of ether oxygens (including phenoxy) is 2. The number of para-hydroxylation sites is 1. The average molecular weight is 493 g/mol. The highest BCUT2D eigenvalue weighted by atomic mass is 35.5. The van der Waals surface area contributed by atoms with Crippen LogP contribution in [0.2, 0.25) is 10.0 Å². The quantitative estimate of drug-likeness (QED) is 0.255. The number of benzene rings is 4. The molecule has 0 aliphatic heterocycles. The van der Waals surface area contributed by atoms with E-state index in [1.165, 1.54) is 0 Å². The summed E-state index contributed by atoms with van der Waals surface area (Å²) in [5, 5.41) is 7.13. The number of hydrogen-bond donors (Lipinski definition) is 2. The molecule has 0 radical (unpaired) electrons. The lowest BCUT2D eigenvalue weighted by Crippen LogP contribution is -2.20. The monoisotopic (exact) mass is 492 g/mol. The van der Waals surface area contributed by atoms with Gasteiger partial charge in [-0.15, -0.1) is 0 Å². The van der Waals surface area contributed by atoms with Crippen LogP contribution in [0.3, 0.4) is 0 Å². The first-order valence-electron chi connectivity index (χ1n) is 10.6. The third-order valence-corrected chi connectivity index (χ3v) is 5.36. The van der Waals surface area contributed by atoms with Crippen molar-refractivity contribution in [1.82, 2.24) is 0 Å². The molecule has 0 heterocycles. The first-order valence-corrected chi connectivity index (χ1v) is 11.3. The maximum atomic E-state index is 12.1. The zero-order chi connectivity index (χ0) is 23.8. The molecule has 5 nitrogen and oxygen atoms in total. The van der Waals surface area contributed by atoms with Gasteiger partial charge < -0.3 is 20.1 Å². The summed E-state index contributed by atoms with van der Waals surface area (Å²) in [6.45, 7) is 0.424. The van der Waals surface area contributed by atoms with Gasteiger partial charge >= 0.3 is 0 Å². The number of carbonyl (C=O) groups excluding carboxylic acids is 1. The van der Waals surface area contributed by atoms with Crippen molar-refractivity contribution in [1.29, 1.82) is 0 Å². The fourth-order valence-electron chi connectivity index (χ4n) is 3.11. The Labute approximate surface area is 208 Å². The summed E-state index contributed by atoms with van der Waals surface area (Å²) in [7, 11) is 0. The highest BCUT2D eigenvalue weighted by molar-refractivity contribution is 6.32. The molecule has 4 aromatic rings. The first-order chi connectivity index (χ1) is 16.5. The number of halogens is 2. The second-order valence-electron chi connectivity index (χ2n) is 7.40. The number of anilines is 2. The molecule has 0 spiro atoms. The van der Waals surface area contributed by atoms with Gasteiger partial charge in [-0.05, 0) is 78.4 Å². The van der Waals surface area contributed by atoms with Gasteiger partial charge in [-0.2, -0.15) is 0 Å². The summed E-state index contributed by atoms with van der Waals surface area (Å²) >= 11 is 12.2. The maximum Gasteiger partial charge on any atom is 0.262 e. The lowest BCUT2D eigenvalue weighted by Gasteiger charge is -2.12. The summed E-state index contributed by atoms with van der Waals surface area (Å²) in [4.78, 5) is 12.1. The molecule has 0 saturated carbocycles. The first kappa shape index (κ1) is 23.5. The van der Waals surface area contributed by atoms with E-state index >= 15 is 0 Å². The Bertz CT molecular complexity index is 1230. The lowest BCUT2D eigenvalue weighted by molar-refractivity contribution is -0.118. The SMILES string of the molecule is O=C(COc1ccc(CNc2ccc(Oc3ccccc3)cc2)cc1Cl)Nc1ccc(Cl)cc1. The summed E-state index contributed by atoms with van der Waals surface area (Å²) in [6, 6.07) is 29.7. The van der Waals surface area contributed by atoms with Crippen LogP contribution in [0.25, 0.3) is 0 Å². The summed E-state index contributed by atoms with van der Waals surface area (Å²) in [5.41, 5.74) is 2.58. The molecular weight excluding hydrogens is 471 g/mol. The Balaban J connectivity index is 1.25. The predicted molar refractivity (Wildman–Crippen MR) is 137 cm³/mol. The van der Waals surface area contributed by atoms with Crippen molar-refractivity contribution in [2.24, 2.45) is 0 Å². The Morgan fingerprint density at radius 2 is 1.44 bits per heavy atom. The van der Waals surface area contributed by atoms with E-state index in [0.29, 0.717) is 28.0 Å². The van der Waals surface area contributed by atoms with Gasteiger partial charge in [-0.25, -0.2) is 0 Å². The van der Waals surface area contributed by atoms with E-state index in [0.717, 1.165) is 22.7 Å². The van der Waals surface area contributed by atoms with E-state index in [2.05, 4.69) is 10.6 Å². The van der Waals surface area contributed by atoms with Crippen LogP contribution in [0, 0.1) is 0 Å². The van der Waals surface area contributed by atoms with Gasteiger partial charge in [-0.3, -0.25) is 4.79 Å². The fourth-order valence-corrected chi connectivity index (χ4v) is 3.50. The Hall–Kier alpha value is -3.67. The van der Waals surface area contributed by atoms with Crippen LogP contribution in [-0.4, -0.2) is 12.5 Å². The topological polar surface area (TPSA) is 59.6 Å². The van der Waals surface area contributed by atoms with Crippen LogP contribution in [0.15, 0.2) is 97.1 Å². The Morgan fingerprint density at radius 1 is 0.765 bits per heavy atom. The standard InChI is InChI=1S/C27H22Cl2N2O3/c28-20-7-9-22(10-8-20)31-27(32)18-33-26-15-6-19(16-25(26)29)17-30-21-11-13-24(14-12-21)34-23-4-2-1-3-5-23/h1-16,30H,17-18H2,(H,31,32). The minimum atomic E-state index is -0.288. The molecule has 172 valence electrons. The summed E-state index contributed by atoms with van der Waals surface area (Å²) in [5.74, 6) is 1.71. The molecule has 4 rings (SSSR count). The van der Waals surface area contributed by atoms with E-state index in [9.17, 15) is 4.79 Å². The zero-order valence-corrected chi connectivity index (χ0v) is 19.6. The smallest absolute Gasteiger partial charge is 0.262 e. The van der Waals surface area contributed by atoms with Crippen molar-refractivity contribution in [2.45, 2.75) is 6.54 Å². The molecule has 0 unspecified atom stereocenters. The van der Waals surface area contributed by atoms with E-state index in [4.69, 9.17) is 32.7 Å². The average Bonchev–Trinajstić information content (AvgIpc) is 2.85. The van der Waals surface area contributed by atoms with Gasteiger partial charge in [0, 0.05) is 22.9 Å². The van der Waals surface area contributed by atoms with Gasteiger partial charge in [0.15, 0.2) is 6.61 Å². The number of amides is 1. The van der Waals surface area contributed by atoms with Crippen molar-refractivity contribution in [3.63, 3.8) is 0 Å². The Morgan fingerprint density at radius 3 is 2.15 bits per heavy atom. The van der Waals surface area contributed by atoms with Crippen LogP contribution in [0.4, 0.5) is 11.4 Å². The van der Waals surface area contributed by atoms with Crippen molar-refractivity contribution in [3.8, 4) is 17.2 Å². The highest BCUT2D eigenvalue weighted by Gasteiger charge is 2.08. The summed E-state index contributed by atoms with van der Waals surface area (Å²) in [6.07, 6.45) is 0. The van der Waals surface area contributed by atoms with Crippen molar-refractivity contribution >= 4 is 40.5 Å². The molecule has 7 heteroatoms. The Kier molecular flexibility index (Phi) is 7.91. The van der Waals surface area contributed by atoms with E-state index < -0.39 is 0 Å². The maximum absolute atomic E-state index is 12.1. The van der Waals surface area contributed by atoms with Crippen molar-refractivity contribution in [2.75, 3.05) is 17.2 Å². The van der Waals surface area contributed by atoms with Gasteiger partial charge in [0.05, 0.1) is 5.02 Å². The number of nitrogens with one attached hydrogen (secondary N) is 2. The van der Waals surface area contributed by atoms with E-state index in [1.54, 1.807) is 30.3 Å². The highest BCUT2D eigenvalue weighted by Crippen LogP contribution is 2.27. The van der Waals surface area contributed by atoms with Crippen LogP contribution >= 0.6 is 23.2 Å². The molecule has 0 saturated heterocycles. The lowest BCUT2D eigenvalue weighted by atomic mass is 10.2. The number of rotatable bonds is 9. The largest absolute Gasteiger partial charge is 0.482 e.